The molecule has 0 N–H and O–H groups in total. The van der Waals surface area contributed by atoms with Crippen LogP contribution >= 0.6 is 0 Å². The van der Waals surface area contributed by atoms with Crippen molar-refractivity contribution in [1.29, 1.82) is 0 Å². The lowest BCUT2D eigenvalue weighted by molar-refractivity contribution is 0.145. The highest BCUT2D eigenvalue weighted by atomic mass is 32.2. The fourth-order valence-electron chi connectivity index (χ4n) is 2.47. The van der Waals surface area contributed by atoms with Gasteiger partial charge in [0.25, 0.3) is 0 Å². The molecule has 2 aliphatic rings. The average Bonchev–Trinajstić information content (AvgIpc) is 2.90. The Bertz CT molecular complexity index is 844. The quantitative estimate of drug-likeness (QED) is 0.476. The van der Waals surface area contributed by atoms with Crippen molar-refractivity contribution in [2.24, 2.45) is 5.11 Å². The van der Waals surface area contributed by atoms with Gasteiger partial charge < -0.3 is 9.64 Å². The second kappa shape index (κ2) is 5.49. The number of ether oxygens (including phenoxy) is 1. The Kier molecular flexibility index (Phi) is 3.63. The molecule has 2 heterocycles. The topological polar surface area (TPSA) is 116 Å². The van der Waals surface area contributed by atoms with Crippen molar-refractivity contribution >= 4 is 27.3 Å². The number of carbonyl (C=O) groups is 1. The molecule has 1 atom stereocenters. The molecule has 120 valence electrons. The molecule has 0 spiro atoms. The number of carbonyl (C=O) groups excluding carboxylic acids is 1. The summed E-state index contributed by atoms with van der Waals surface area (Å²) < 4.78 is 29.4. The Labute approximate surface area is 132 Å². The summed E-state index contributed by atoms with van der Waals surface area (Å²) in [6, 6.07) is 4.74. The van der Waals surface area contributed by atoms with Gasteiger partial charge in [-0.15, -0.1) is 0 Å². The minimum atomic E-state index is -3.54. The number of nitrogens with zero attached hydrogens (tertiary/aromatic N) is 5. The summed E-state index contributed by atoms with van der Waals surface area (Å²) in [6.07, 6.45) is 0.325. The minimum Gasteiger partial charge on any atom is -0.444 e. The van der Waals surface area contributed by atoms with E-state index in [0.29, 0.717) is 11.4 Å². The molecule has 1 aromatic rings. The smallest absolute Gasteiger partial charge is 0.414 e. The van der Waals surface area contributed by atoms with Crippen LogP contribution in [0.3, 0.4) is 0 Å². The molecule has 1 fully saturated rings. The third-order valence-corrected chi connectivity index (χ3v) is 5.05. The number of hydrogen-bond donors (Lipinski definition) is 0. The SMILES string of the molecule is CN1C=CS(=O)(=O)c2cc(N3C[C@@H](CN=[N+]=[N-])OC3=O)ccc21. The van der Waals surface area contributed by atoms with E-state index < -0.39 is 22.0 Å². The zero-order valence-electron chi connectivity index (χ0n) is 12.2. The van der Waals surface area contributed by atoms with Gasteiger partial charge in [0.05, 0.1) is 29.1 Å². The fourth-order valence-corrected chi connectivity index (χ4v) is 3.75. The van der Waals surface area contributed by atoms with Crippen LogP contribution < -0.4 is 9.80 Å². The van der Waals surface area contributed by atoms with E-state index in [9.17, 15) is 13.2 Å². The molecule has 1 amide bonds. The van der Waals surface area contributed by atoms with Gasteiger partial charge in [0.1, 0.15) is 6.10 Å². The van der Waals surface area contributed by atoms with Crippen LogP contribution in [0.25, 0.3) is 10.4 Å². The molecule has 2 aliphatic heterocycles. The number of fused-ring (bicyclic) bond motifs is 1. The fraction of sp³-hybridized carbons (Fsp3) is 0.308. The zero-order chi connectivity index (χ0) is 16.6. The van der Waals surface area contributed by atoms with E-state index in [-0.39, 0.29) is 18.0 Å². The van der Waals surface area contributed by atoms with Crippen molar-refractivity contribution in [2.45, 2.75) is 11.0 Å². The molecular formula is C13H13N5O4S. The van der Waals surface area contributed by atoms with Crippen LogP contribution in [0, 0.1) is 0 Å². The lowest BCUT2D eigenvalue weighted by atomic mass is 10.2. The number of benzene rings is 1. The van der Waals surface area contributed by atoms with Crippen LogP contribution in [0.4, 0.5) is 16.2 Å². The van der Waals surface area contributed by atoms with Gasteiger partial charge in [-0.2, -0.15) is 0 Å². The number of cyclic esters (lactones) is 1. The van der Waals surface area contributed by atoms with Crippen LogP contribution in [0.5, 0.6) is 0 Å². The third kappa shape index (κ3) is 2.69. The number of anilines is 2. The molecule has 3 rings (SSSR count). The van der Waals surface area contributed by atoms with Crippen LogP contribution in [0.15, 0.2) is 39.8 Å². The highest BCUT2D eigenvalue weighted by Gasteiger charge is 2.33. The number of rotatable bonds is 3. The zero-order valence-corrected chi connectivity index (χ0v) is 13.0. The van der Waals surface area contributed by atoms with Crippen LogP contribution in [0.2, 0.25) is 0 Å². The molecule has 9 nitrogen and oxygen atoms in total. The van der Waals surface area contributed by atoms with Crippen molar-refractivity contribution in [3.05, 3.63) is 40.2 Å². The number of azide groups is 1. The van der Waals surface area contributed by atoms with E-state index in [4.69, 9.17) is 10.3 Å². The summed E-state index contributed by atoms with van der Waals surface area (Å²) in [4.78, 5) is 17.7. The van der Waals surface area contributed by atoms with Crippen LogP contribution in [0.1, 0.15) is 0 Å². The van der Waals surface area contributed by atoms with Gasteiger partial charge in [-0.1, -0.05) is 5.11 Å². The van der Waals surface area contributed by atoms with E-state index in [1.165, 1.54) is 17.2 Å². The van der Waals surface area contributed by atoms with E-state index in [1.807, 2.05) is 0 Å². The molecule has 0 aliphatic carbocycles. The van der Waals surface area contributed by atoms with Crippen molar-refractivity contribution in [1.82, 2.24) is 0 Å². The first-order chi connectivity index (χ1) is 10.9. The minimum absolute atomic E-state index is 0.0352. The molecule has 10 heteroatoms. The molecule has 0 unspecified atom stereocenters. The maximum atomic E-state index is 12.2. The van der Waals surface area contributed by atoms with Gasteiger partial charge in [0.15, 0.2) is 0 Å². The van der Waals surface area contributed by atoms with Crippen LogP contribution in [-0.4, -0.2) is 40.8 Å². The summed E-state index contributed by atoms with van der Waals surface area (Å²) >= 11 is 0. The van der Waals surface area contributed by atoms with Gasteiger partial charge in [-0.05, 0) is 23.7 Å². The molecule has 0 aromatic heterocycles. The number of sulfone groups is 1. The molecular weight excluding hydrogens is 322 g/mol. The summed E-state index contributed by atoms with van der Waals surface area (Å²) in [5.41, 5.74) is 9.27. The summed E-state index contributed by atoms with van der Waals surface area (Å²) in [5, 5.41) is 4.50. The number of amides is 1. The second-order valence-electron chi connectivity index (χ2n) is 5.12. The van der Waals surface area contributed by atoms with E-state index in [2.05, 4.69) is 10.0 Å². The first-order valence-electron chi connectivity index (χ1n) is 6.71. The van der Waals surface area contributed by atoms with Crippen LogP contribution in [-0.2, 0) is 14.6 Å². The maximum Gasteiger partial charge on any atom is 0.414 e. The molecule has 1 aromatic carbocycles. The summed E-state index contributed by atoms with van der Waals surface area (Å²) in [6.45, 7) is 0.232. The lowest BCUT2D eigenvalue weighted by Gasteiger charge is -2.23. The molecule has 1 saturated heterocycles. The van der Waals surface area contributed by atoms with Crippen molar-refractivity contribution in [3.63, 3.8) is 0 Å². The largest absolute Gasteiger partial charge is 0.444 e. The van der Waals surface area contributed by atoms with E-state index in [1.54, 1.807) is 24.1 Å². The Morgan fingerprint density at radius 2 is 2.26 bits per heavy atom. The lowest BCUT2D eigenvalue weighted by Crippen LogP contribution is -2.26. The summed E-state index contributed by atoms with van der Waals surface area (Å²) in [7, 11) is -1.80. The molecule has 23 heavy (non-hydrogen) atoms. The molecule has 0 bridgehead atoms. The summed E-state index contributed by atoms with van der Waals surface area (Å²) in [5.74, 6) is 0. The normalized spacial score (nSPS) is 21.6. The van der Waals surface area contributed by atoms with E-state index >= 15 is 0 Å². The standard InChI is InChI=1S/C13H13N5O4S/c1-17-4-5-23(20,21)12-6-9(2-3-11(12)17)18-8-10(7-15-16-14)22-13(18)19/h2-6,10H,7-8H2,1H3/t10-/m1/s1. The first kappa shape index (κ1) is 15.2. The second-order valence-corrected chi connectivity index (χ2v) is 6.92. The van der Waals surface area contributed by atoms with Gasteiger partial charge in [0, 0.05) is 23.8 Å². The van der Waals surface area contributed by atoms with Crippen molar-refractivity contribution in [3.8, 4) is 0 Å². The Morgan fingerprint density at radius 3 is 3.00 bits per heavy atom. The highest BCUT2D eigenvalue weighted by Crippen LogP contribution is 2.34. The van der Waals surface area contributed by atoms with Gasteiger partial charge in [0.2, 0.25) is 9.84 Å². The predicted octanol–water partition coefficient (Wildman–Crippen LogP) is 2.02. The Balaban J connectivity index is 1.94. The average molecular weight is 335 g/mol. The molecule has 0 radical (unpaired) electrons. The maximum absolute atomic E-state index is 12.2. The highest BCUT2D eigenvalue weighted by molar-refractivity contribution is 7.94. The number of hydrogen-bond acceptors (Lipinski definition) is 6. The van der Waals surface area contributed by atoms with E-state index in [0.717, 1.165) is 5.41 Å². The molecule has 0 saturated carbocycles. The predicted molar refractivity (Wildman–Crippen MR) is 82.8 cm³/mol. The van der Waals surface area contributed by atoms with Gasteiger partial charge in [-0.3, -0.25) is 4.90 Å². The van der Waals surface area contributed by atoms with Crippen molar-refractivity contribution in [2.75, 3.05) is 29.9 Å². The van der Waals surface area contributed by atoms with Gasteiger partial charge in [-0.25, -0.2) is 13.2 Å². The van der Waals surface area contributed by atoms with Crippen molar-refractivity contribution < 1.29 is 17.9 Å². The Morgan fingerprint density at radius 1 is 1.48 bits per heavy atom. The Hall–Kier alpha value is -2.71. The van der Waals surface area contributed by atoms with Gasteiger partial charge >= 0.3 is 6.09 Å². The monoisotopic (exact) mass is 335 g/mol. The third-order valence-electron chi connectivity index (χ3n) is 3.63. The first-order valence-corrected chi connectivity index (χ1v) is 8.26.